The second-order valence-electron chi connectivity index (χ2n) is 7.27. The van der Waals surface area contributed by atoms with Crippen molar-refractivity contribution in [1.82, 2.24) is 15.0 Å². The number of aliphatic hydroxyl groups is 1. The molecule has 0 aliphatic carbocycles. The number of hydrogen-bond donors (Lipinski definition) is 1. The van der Waals surface area contributed by atoms with Gasteiger partial charge in [-0.2, -0.15) is 18.2 Å². The predicted octanol–water partition coefficient (Wildman–Crippen LogP) is 5.08. The monoisotopic (exact) mass is 443 g/mol. The average molecular weight is 443 g/mol. The normalized spacial score (nSPS) is 12.9. The van der Waals surface area contributed by atoms with Gasteiger partial charge in [0.15, 0.2) is 0 Å². The Hall–Kier alpha value is -3.43. The van der Waals surface area contributed by atoms with E-state index in [0.29, 0.717) is 17.9 Å². The van der Waals surface area contributed by atoms with Crippen molar-refractivity contribution in [3.05, 3.63) is 95.8 Å². The summed E-state index contributed by atoms with van der Waals surface area (Å²) in [4.78, 5) is 6.24. The van der Waals surface area contributed by atoms with Crippen LogP contribution in [0.25, 0.3) is 11.4 Å². The molecule has 6 nitrogen and oxygen atoms in total. The number of hydrogen-bond acceptors (Lipinski definition) is 6. The number of alkyl halides is 3. The summed E-state index contributed by atoms with van der Waals surface area (Å²) >= 11 is 0. The molecule has 0 saturated heterocycles. The van der Waals surface area contributed by atoms with Crippen molar-refractivity contribution >= 4 is 0 Å². The Morgan fingerprint density at radius 3 is 2.34 bits per heavy atom. The summed E-state index contributed by atoms with van der Waals surface area (Å²) in [7, 11) is 0. The second-order valence-corrected chi connectivity index (χ2v) is 7.27. The molecule has 0 bridgehead atoms. The molecule has 166 valence electrons. The topological polar surface area (TPSA) is 75.5 Å². The zero-order valence-electron chi connectivity index (χ0n) is 16.9. The number of aliphatic hydroxyl groups excluding tert-OH is 1. The zero-order chi connectivity index (χ0) is 22.6. The van der Waals surface area contributed by atoms with Crippen LogP contribution in [0.3, 0.4) is 0 Å². The van der Waals surface area contributed by atoms with Crippen LogP contribution in [0.2, 0.25) is 0 Å². The number of aromatic nitrogens is 2. The van der Waals surface area contributed by atoms with E-state index in [0.717, 1.165) is 17.7 Å². The van der Waals surface area contributed by atoms with E-state index < -0.39 is 17.8 Å². The minimum Gasteiger partial charge on any atom is -0.467 e. The number of rotatable bonds is 8. The lowest BCUT2D eigenvalue weighted by Crippen LogP contribution is -2.28. The van der Waals surface area contributed by atoms with Crippen molar-refractivity contribution in [2.75, 3.05) is 6.54 Å². The number of benzene rings is 2. The van der Waals surface area contributed by atoms with Crippen molar-refractivity contribution in [3.63, 3.8) is 0 Å². The summed E-state index contributed by atoms with van der Waals surface area (Å²) in [5.74, 6) is 0.918. The molecule has 0 fully saturated rings. The molecule has 4 aromatic rings. The van der Waals surface area contributed by atoms with E-state index in [1.165, 1.54) is 18.4 Å². The highest BCUT2D eigenvalue weighted by Crippen LogP contribution is 2.30. The van der Waals surface area contributed by atoms with E-state index in [9.17, 15) is 18.3 Å². The largest absolute Gasteiger partial charge is 0.467 e. The third-order valence-corrected chi connectivity index (χ3v) is 4.85. The molecule has 2 aromatic carbocycles. The lowest BCUT2D eigenvalue weighted by Gasteiger charge is -2.22. The van der Waals surface area contributed by atoms with E-state index in [2.05, 4.69) is 10.1 Å². The highest BCUT2D eigenvalue weighted by Gasteiger charge is 2.30. The molecule has 0 saturated carbocycles. The molecule has 0 aliphatic heterocycles. The predicted molar refractivity (Wildman–Crippen MR) is 109 cm³/mol. The van der Waals surface area contributed by atoms with Crippen LogP contribution in [0.4, 0.5) is 13.2 Å². The van der Waals surface area contributed by atoms with E-state index in [1.54, 1.807) is 12.1 Å². The Morgan fingerprint density at radius 1 is 0.938 bits per heavy atom. The van der Waals surface area contributed by atoms with Gasteiger partial charge in [0.25, 0.3) is 0 Å². The number of furan rings is 1. The maximum atomic E-state index is 12.8. The van der Waals surface area contributed by atoms with Crippen LogP contribution in [-0.4, -0.2) is 26.7 Å². The highest BCUT2D eigenvalue weighted by atomic mass is 19.4. The van der Waals surface area contributed by atoms with Gasteiger partial charge in [-0.1, -0.05) is 47.6 Å². The third kappa shape index (κ3) is 5.43. The fourth-order valence-corrected chi connectivity index (χ4v) is 3.28. The quantitative estimate of drug-likeness (QED) is 0.409. The van der Waals surface area contributed by atoms with Crippen LogP contribution in [0.1, 0.15) is 28.9 Å². The van der Waals surface area contributed by atoms with Gasteiger partial charge >= 0.3 is 6.18 Å². The summed E-state index contributed by atoms with van der Waals surface area (Å²) in [6.07, 6.45) is -3.77. The van der Waals surface area contributed by atoms with Gasteiger partial charge < -0.3 is 14.0 Å². The molecule has 1 N–H and O–H groups in total. The van der Waals surface area contributed by atoms with Crippen molar-refractivity contribution in [2.24, 2.45) is 0 Å². The number of nitrogens with zero attached hydrogens (tertiary/aromatic N) is 3. The Labute approximate surface area is 181 Å². The van der Waals surface area contributed by atoms with Crippen LogP contribution >= 0.6 is 0 Å². The molecule has 32 heavy (non-hydrogen) atoms. The van der Waals surface area contributed by atoms with Gasteiger partial charge in [-0.25, -0.2) is 0 Å². The summed E-state index contributed by atoms with van der Waals surface area (Å²) < 4.78 is 48.9. The molecule has 4 rings (SSSR count). The highest BCUT2D eigenvalue weighted by molar-refractivity contribution is 5.54. The van der Waals surface area contributed by atoms with E-state index in [4.69, 9.17) is 8.94 Å². The van der Waals surface area contributed by atoms with E-state index in [-0.39, 0.29) is 24.8 Å². The molecule has 0 aliphatic rings. The first-order chi connectivity index (χ1) is 15.4. The van der Waals surface area contributed by atoms with Crippen LogP contribution < -0.4 is 0 Å². The molecule has 0 amide bonds. The lowest BCUT2D eigenvalue weighted by atomic mass is 10.1. The number of halogens is 3. The summed E-state index contributed by atoms with van der Waals surface area (Å²) in [6.45, 7) is 0.997. The Bertz CT molecular complexity index is 1110. The van der Waals surface area contributed by atoms with Gasteiger partial charge in [0.1, 0.15) is 11.9 Å². The first-order valence-electron chi connectivity index (χ1n) is 9.86. The van der Waals surface area contributed by atoms with Crippen molar-refractivity contribution in [1.29, 1.82) is 0 Å². The van der Waals surface area contributed by atoms with Crippen LogP contribution in [0.15, 0.2) is 81.9 Å². The van der Waals surface area contributed by atoms with Crippen molar-refractivity contribution < 1.29 is 27.2 Å². The first-order valence-corrected chi connectivity index (χ1v) is 9.86. The molecule has 0 spiro atoms. The minimum absolute atomic E-state index is 0.194. The van der Waals surface area contributed by atoms with Gasteiger partial charge in [-0.15, -0.1) is 0 Å². The van der Waals surface area contributed by atoms with Crippen LogP contribution in [0.5, 0.6) is 0 Å². The van der Waals surface area contributed by atoms with Crippen LogP contribution in [0, 0.1) is 0 Å². The first kappa shape index (κ1) is 21.8. The third-order valence-electron chi connectivity index (χ3n) is 4.85. The molecular weight excluding hydrogens is 423 g/mol. The zero-order valence-corrected chi connectivity index (χ0v) is 16.9. The fraction of sp³-hybridized carbons (Fsp3) is 0.217. The summed E-state index contributed by atoms with van der Waals surface area (Å²) in [5, 5.41) is 14.4. The maximum absolute atomic E-state index is 12.8. The molecule has 0 radical (unpaired) electrons. The molecule has 1 atom stereocenters. The van der Waals surface area contributed by atoms with Crippen molar-refractivity contribution in [2.45, 2.75) is 25.4 Å². The standard InChI is InChI=1S/C23H20F3N3O3/c24-23(25,26)18-10-8-17(9-11-18)22-27-21(32-28-22)15-29(13-16-5-2-1-3-6-16)14-19(30)20-7-4-12-31-20/h1-12,19,30H,13-15H2/t19-/m0/s1. The molecule has 9 heteroatoms. The van der Waals surface area contributed by atoms with Crippen molar-refractivity contribution in [3.8, 4) is 11.4 Å². The van der Waals surface area contributed by atoms with Gasteiger partial charge in [0.2, 0.25) is 11.7 Å². The summed E-state index contributed by atoms with van der Waals surface area (Å²) in [5.41, 5.74) is 0.700. The van der Waals surface area contributed by atoms with Gasteiger partial charge in [0, 0.05) is 18.7 Å². The Morgan fingerprint density at radius 2 is 1.69 bits per heavy atom. The smallest absolute Gasteiger partial charge is 0.416 e. The Kier molecular flexibility index (Phi) is 6.38. The SMILES string of the molecule is O[C@@H](CN(Cc1ccccc1)Cc1nc(-c2ccc(C(F)(F)F)cc2)no1)c1ccco1. The molecule has 2 heterocycles. The lowest BCUT2D eigenvalue weighted by molar-refractivity contribution is -0.137. The van der Waals surface area contributed by atoms with E-state index in [1.807, 2.05) is 35.2 Å². The Balaban J connectivity index is 1.50. The van der Waals surface area contributed by atoms with Crippen LogP contribution in [-0.2, 0) is 19.3 Å². The fourth-order valence-electron chi connectivity index (χ4n) is 3.28. The molecule has 2 aromatic heterocycles. The molecular formula is C23H20F3N3O3. The maximum Gasteiger partial charge on any atom is 0.416 e. The van der Waals surface area contributed by atoms with Gasteiger partial charge in [-0.3, -0.25) is 4.90 Å². The van der Waals surface area contributed by atoms with Gasteiger partial charge in [-0.05, 0) is 29.8 Å². The van der Waals surface area contributed by atoms with Gasteiger partial charge in [0.05, 0.1) is 18.4 Å². The summed E-state index contributed by atoms with van der Waals surface area (Å²) in [6, 6.07) is 17.7. The molecule has 0 unspecified atom stereocenters. The van der Waals surface area contributed by atoms with E-state index >= 15 is 0 Å². The second kappa shape index (κ2) is 9.37. The minimum atomic E-state index is -4.41. The average Bonchev–Trinajstić information content (AvgIpc) is 3.46.